The molecule has 2 heterocycles. The largest absolute Gasteiger partial charge is 0.378 e. The average Bonchev–Trinajstić information content (AvgIpc) is 3.08. The molecule has 3 rings (SSSR count). The highest BCUT2D eigenvalue weighted by Gasteiger charge is 2.25. The Labute approximate surface area is 173 Å². The van der Waals surface area contributed by atoms with Crippen LogP contribution >= 0.6 is 24.0 Å². The molecule has 26 heavy (non-hydrogen) atoms. The molecule has 0 aromatic heterocycles. The second-order valence-corrected chi connectivity index (χ2v) is 6.47. The molecule has 1 N–H and O–H groups in total. The number of anilines is 1. The quantitative estimate of drug-likeness (QED) is 0.415. The third-order valence-corrected chi connectivity index (χ3v) is 4.94. The topological polar surface area (TPSA) is 57.2 Å². The summed E-state index contributed by atoms with van der Waals surface area (Å²) in [6.07, 6.45) is 3.29. The number of guanidine groups is 1. The molecule has 2 aliphatic heterocycles. The molecule has 0 atom stereocenters. The molecule has 0 spiro atoms. The summed E-state index contributed by atoms with van der Waals surface area (Å²) < 4.78 is 5.70. The lowest BCUT2D eigenvalue weighted by atomic mass is 10.1. The molecule has 144 valence electrons. The van der Waals surface area contributed by atoms with E-state index in [4.69, 9.17) is 4.74 Å². The minimum absolute atomic E-state index is 0. The standard InChI is InChI=1S/C19H28N4O2.HI/c1-3-25-16-9-11-22(12-10-16)19(20-2)21-14-18(24)23-13-8-15-6-4-5-7-17(15)23;/h4-7,16H,3,8-14H2,1-2H3,(H,20,21);1H. The van der Waals surface area contributed by atoms with Gasteiger partial charge in [-0.3, -0.25) is 9.79 Å². The molecule has 0 bridgehead atoms. The Hall–Kier alpha value is -1.35. The summed E-state index contributed by atoms with van der Waals surface area (Å²) >= 11 is 0. The number of carbonyl (C=O) groups excluding carboxylic acids is 1. The third kappa shape index (κ3) is 4.88. The van der Waals surface area contributed by atoms with E-state index < -0.39 is 0 Å². The average molecular weight is 472 g/mol. The molecule has 1 saturated heterocycles. The van der Waals surface area contributed by atoms with Crippen LogP contribution in [0.5, 0.6) is 0 Å². The van der Waals surface area contributed by atoms with Crippen LogP contribution in [-0.2, 0) is 16.0 Å². The highest BCUT2D eigenvalue weighted by Crippen LogP contribution is 2.27. The van der Waals surface area contributed by atoms with Gasteiger partial charge < -0.3 is 19.9 Å². The van der Waals surface area contributed by atoms with Gasteiger partial charge in [0.2, 0.25) is 5.91 Å². The van der Waals surface area contributed by atoms with Crippen molar-refractivity contribution in [2.24, 2.45) is 4.99 Å². The molecular formula is C19H29IN4O2. The number of hydrogen-bond acceptors (Lipinski definition) is 3. The lowest BCUT2D eigenvalue weighted by Crippen LogP contribution is -2.49. The summed E-state index contributed by atoms with van der Waals surface area (Å²) in [5.74, 6) is 0.895. The van der Waals surface area contributed by atoms with E-state index in [2.05, 4.69) is 21.3 Å². The second-order valence-electron chi connectivity index (χ2n) is 6.47. The molecule has 0 unspecified atom stereocenters. The minimum atomic E-state index is 0. The SMILES string of the molecule is CCOC1CCN(C(=NC)NCC(=O)N2CCc3ccccc32)CC1.I. The van der Waals surface area contributed by atoms with Gasteiger partial charge in [0.25, 0.3) is 0 Å². The number of para-hydroxylation sites is 1. The van der Waals surface area contributed by atoms with Crippen LogP contribution in [-0.4, -0.2) is 62.7 Å². The van der Waals surface area contributed by atoms with Crippen molar-refractivity contribution < 1.29 is 9.53 Å². The molecule has 1 aromatic carbocycles. The highest BCUT2D eigenvalue weighted by atomic mass is 127. The molecule has 0 aliphatic carbocycles. The van der Waals surface area contributed by atoms with E-state index in [9.17, 15) is 4.79 Å². The van der Waals surface area contributed by atoms with Crippen LogP contribution in [0.2, 0.25) is 0 Å². The smallest absolute Gasteiger partial charge is 0.246 e. The predicted molar refractivity (Wildman–Crippen MR) is 115 cm³/mol. The van der Waals surface area contributed by atoms with Gasteiger partial charge in [0.05, 0.1) is 12.6 Å². The molecule has 1 amide bonds. The molecular weight excluding hydrogens is 443 g/mol. The summed E-state index contributed by atoms with van der Waals surface area (Å²) in [7, 11) is 1.77. The van der Waals surface area contributed by atoms with E-state index >= 15 is 0 Å². The maximum absolute atomic E-state index is 12.6. The van der Waals surface area contributed by atoms with Crippen LogP contribution in [0.3, 0.4) is 0 Å². The van der Waals surface area contributed by atoms with E-state index in [0.29, 0.717) is 6.10 Å². The Bertz CT molecular complexity index is 630. The first-order chi connectivity index (χ1) is 12.2. The number of nitrogens with one attached hydrogen (secondary N) is 1. The number of aliphatic imine (C=N–C) groups is 1. The summed E-state index contributed by atoms with van der Waals surface area (Å²) in [6.45, 7) is 5.65. The lowest BCUT2D eigenvalue weighted by molar-refractivity contribution is -0.117. The van der Waals surface area contributed by atoms with Crippen molar-refractivity contribution >= 4 is 41.5 Å². The molecule has 2 aliphatic rings. The van der Waals surface area contributed by atoms with Gasteiger partial charge in [0.1, 0.15) is 0 Å². The number of amides is 1. The number of halogens is 1. The van der Waals surface area contributed by atoms with Crippen molar-refractivity contribution in [3.63, 3.8) is 0 Å². The lowest BCUT2D eigenvalue weighted by Gasteiger charge is -2.34. The van der Waals surface area contributed by atoms with Gasteiger partial charge in [-0.25, -0.2) is 0 Å². The van der Waals surface area contributed by atoms with Crippen LogP contribution in [0.1, 0.15) is 25.3 Å². The van der Waals surface area contributed by atoms with E-state index in [1.54, 1.807) is 7.05 Å². The van der Waals surface area contributed by atoms with Gasteiger partial charge in [-0.1, -0.05) is 18.2 Å². The number of rotatable bonds is 4. The van der Waals surface area contributed by atoms with Gasteiger partial charge in [0.15, 0.2) is 5.96 Å². The Balaban J connectivity index is 0.00000243. The molecule has 0 radical (unpaired) electrons. The van der Waals surface area contributed by atoms with Crippen LogP contribution < -0.4 is 10.2 Å². The van der Waals surface area contributed by atoms with Crippen LogP contribution in [0.15, 0.2) is 29.3 Å². The number of piperidine rings is 1. The number of likely N-dealkylation sites (tertiary alicyclic amines) is 1. The zero-order valence-corrected chi connectivity index (χ0v) is 17.9. The maximum Gasteiger partial charge on any atom is 0.246 e. The number of ether oxygens (including phenoxy) is 1. The zero-order valence-electron chi connectivity index (χ0n) is 15.6. The van der Waals surface area contributed by atoms with Gasteiger partial charge in [-0.2, -0.15) is 0 Å². The summed E-state index contributed by atoms with van der Waals surface area (Å²) in [6, 6.07) is 8.13. The normalized spacial score (nSPS) is 17.7. The van der Waals surface area contributed by atoms with E-state index in [1.807, 2.05) is 30.0 Å². The first-order valence-electron chi connectivity index (χ1n) is 9.18. The third-order valence-electron chi connectivity index (χ3n) is 4.94. The highest BCUT2D eigenvalue weighted by molar-refractivity contribution is 14.0. The molecule has 1 aromatic rings. The summed E-state index contributed by atoms with van der Waals surface area (Å²) in [4.78, 5) is 21.0. The second kappa shape index (κ2) is 10.1. The maximum atomic E-state index is 12.6. The first-order valence-corrected chi connectivity index (χ1v) is 9.18. The van der Waals surface area contributed by atoms with Gasteiger partial charge in [-0.05, 0) is 37.8 Å². The van der Waals surface area contributed by atoms with Crippen LogP contribution in [0, 0.1) is 0 Å². The van der Waals surface area contributed by atoms with Crippen molar-refractivity contribution in [1.82, 2.24) is 10.2 Å². The first kappa shape index (κ1) is 21.0. The van der Waals surface area contributed by atoms with Crippen molar-refractivity contribution in [1.29, 1.82) is 0 Å². The van der Waals surface area contributed by atoms with E-state index in [-0.39, 0.29) is 36.4 Å². The number of carbonyl (C=O) groups is 1. The minimum Gasteiger partial charge on any atom is -0.378 e. The Kier molecular flexibility index (Phi) is 8.15. The Morgan fingerprint density at radius 1 is 1.27 bits per heavy atom. The van der Waals surface area contributed by atoms with Crippen molar-refractivity contribution in [2.45, 2.75) is 32.3 Å². The number of benzene rings is 1. The van der Waals surface area contributed by atoms with Gasteiger partial charge in [0, 0.05) is 39.0 Å². The Morgan fingerprint density at radius 3 is 2.69 bits per heavy atom. The van der Waals surface area contributed by atoms with Crippen molar-refractivity contribution in [3.8, 4) is 0 Å². The van der Waals surface area contributed by atoms with Crippen molar-refractivity contribution in [3.05, 3.63) is 29.8 Å². The van der Waals surface area contributed by atoms with Crippen molar-refractivity contribution in [2.75, 3.05) is 44.7 Å². The fourth-order valence-corrected chi connectivity index (χ4v) is 3.65. The number of fused-ring (bicyclic) bond motifs is 1. The molecule has 1 fully saturated rings. The Morgan fingerprint density at radius 2 is 2.00 bits per heavy atom. The molecule has 0 saturated carbocycles. The van der Waals surface area contributed by atoms with E-state index in [0.717, 1.165) is 57.2 Å². The summed E-state index contributed by atoms with van der Waals surface area (Å²) in [5, 5.41) is 3.24. The summed E-state index contributed by atoms with van der Waals surface area (Å²) in [5.41, 5.74) is 2.29. The van der Waals surface area contributed by atoms with Gasteiger partial charge in [-0.15, -0.1) is 24.0 Å². The fraction of sp³-hybridized carbons (Fsp3) is 0.579. The predicted octanol–water partition coefficient (Wildman–Crippen LogP) is 2.27. The number of hydrogen-bond donors (Lipinski definition) is 1. The monoisotopic (exact) mass is 472 g/mol. The zero-order chi connectivity index (χ0) is 17.6. The molecule has 7 heteroatoms. The van der Waals surface area contributed by atoms with Gasteiger partial charge >= 0.3 is 0 Å². The molecule has 6 nitrogen and oxygen atoms in total. The van der Waals surface area contributed by atoms with Crippen LogP contribution in [0.4, 0.5) is 5.69 Å². The number of nitrogens with zero attached hydrogens (tertiary/aromatic N) is 3. The van der Waals surface area contributed by atoms with E-state index in [1.165, 1.54) is 5.56 Å². The van der Waals surface area contributed by atoms with Crippen LogP contribution in [0.25, 0.3) is 0 Å². The fourth-order valence-electron chi connectivity index (χ4n) is 3.65.